The summed E-state index contributed by atoms with van der Waals surface area (Å²) in [6, 6.07) is 10.0. The topological polar surface area (TPSA) is 67.8 Å². The van der Waals surface area contributed by atoms with E-state index in [-0.39, 0.29) is 21.2 Å². The average molecular weight is 343 g/mol. The second-order valence-corrected chi connectivity index (χ2v) is 6.24. The molecule has 2 aromatic rings. The van der Waals surface area contributed by atoms with Crippen molar-refractivity contribution < 1.29 is 17.5 Å². The summed E-state index contributed by atoms with van der Waals surface area (Å²) in [5.41, 5.74) is 0.156. The number of ether oxygens (including phenoxy) is 1. The lowest BCUT2D eigenvalue weighted by atomic mass is 10.2. The molecular weight excluding hydrogens is 331 g/mol. The Morgan fingerprint density at radius 3 is 2.68 bits per heavy atom. The standard InChI is InChI=1S/C14H12ClFN2O3S/c1-21-13-7-6-11(15)8-14(13)22(19,20)18-17-9-10-4-2-3-5-12(10)16/h2-9,18H,1H3/b17-9+. The van der Waals surface area contributed by atoms with Gasteiger partial charge in [-0.1, -0.05) is 29.8 Å². The van der Waals surface area contributed by atoms with E-state index < -0.39 is 15.8 Å². The maximum atomic E-state index is 13.4. The molecule has 1 N–H and O–H groups in total. The van der Waals surface area contributed by atoms with E-state index in [1.807, 2.05) is 4.83 Å². The van der Waals surface area contributed by atoms with E-state index >= 15 is 0 Å². The molecule has 0 fully saturated rings. The van der Waals surface area contributed by atoms with Crippen LogP contribution in [0.2, 0.25) is 5.02 Å². The summed E-state index contributed by atoms with van der Waals surface area (Å²) >= 11 is 5.79. The van der Waals surface area contributed by atoms with Crippen LogP contribution in [0, 0.1) is 5.82 Å². The molecule has 0 aliphatic rings. The van der Waals surface area contributed by atoms with Crippen molar-refractivity contribution in [3.63, 3.8) is 0 Å². The molecule has 2 aromatic carbocycles. The molecule has 0 radical (unpaired) electrons. The molecule has 0 aromatic heterocycles. The van der Waals surface area contributed by atoms with E-state index in [0.29, 0.717) is 0 Å². The number of methoxy groups -OCH3 is 1. The summed E-state index contributed by atoms with van der Waals surface area (Å²) in [5, 5.41) is 3.79. The molecule has 0 amide bonds. The SMILES string of the molecule is COc1ccc(Cl)cc1S(=O)(=O)N/N=C/c1ccccc1F. The van der Waals surface area contributed by atoms with Gasteiger partial charge in [0.2, 0.25) is 0 Å². The van der Waals surface area contributed by atoms with E-state index in [0.717, 1.165) is 6.21 Å². The van der Waals surface area contributed by atoms with Crippen molar-refractivity contribution in [1.82, 2.24) is 4.83 Å². The van der Waals surface area contributed by atoms with E-state index in [1.54, 1.807) is 6.07 Å². The Balaban J connectivity index is 2.25. The van der Waals surface area contributed by atoms with Crippen LogP contribution in [-0.4, -0.2) is 21.7 Å². The Labute approximate surface area is 132 Å². The molecule has 116 valence electrons. The first-order chi connectivity index (χ1) is 10.4. The smallest absolute Gasteiger partial charge is 0.280 e. The minimum atomic E-state index is -3.99. The predicted molar refractivity (Wildman–Crippen MR) is 82.3 cm³/mol. The van der Waals surface area contributed by atoms with Gasteiger partial charge >= 0.3 is 0 Å². The third kappa shape index (κ3) is 3.75. The minimum absolute atomic E-state index is 0.123. The molecule has 0 aliphatic carbocycles. The van der Waals surface area contributed by atoms with Gasteiger partial charge in [-0.3, -0.25) is 0 Å². The average Bonchev–Trinajstić information content (AvgIpc) is 2.49. The highest BCUT2D eigenvalue weighted by Crippen LogP contribution is 2.26. The lowest BCUT2D eigenvalue weighted by molar-refractivity contribution is 0.402. The number of hydrogen-bond acceptors (Lipinski definition) is 4. The minimum Gasteiger partial charge on any atom is -0.495 e. The zero-order valence-corrected chi connectivity index (χ0v) is 13.0. The Hall–Kier alpha value is -2.12. The molecule has 0 atom stereocenters. The summed E-state index contributed by atoms with van der Waals surface area (Å²) < 4.78 is 42.7. The van der Waals surface area contributed by atoms with Crippen molar-refractivity contribution in [2.75, 3.05) is 7.11 Å². The number of benzene rings is 2. The van der Waals surface area contributed by atoms with Crippen LogP contribution in [0.15, 0.2) is 52.5 Å². The second-order valence-electron chi connectivity index (χ2n) is 4.17. The zero-order chi connectivity index (χ0) is 16.2. The molecular formula is C14H12ClFN2O3S. The number of nitrogens with zero attached hydrogens (tertiary/aromatic N) is 1. The quantitative estimate of drug-likeness (QED) is 0.671. The van der Waals surface area contributed by atoms with Gasteiger partial charge in [0.25, 0.3) is 10.0 Å². The van der Waals surface area contributed by atoms with Gasteiger partial charge < -0.3 is 4.74 Å². The number of nitrogens with one attached hydrogen (secondary N) is 1. The summed E-state index contributed by atoms with van der Waals surface area (Å²) in [7, 11) is -2.65. The number of halogens is 2. The van der Waals surface area contributed by atoms with Crippen molar-refractivity contribution >= 4 is 27.8 Å². The number of sulfonamides is 1. The fourth-order valence-corrected chi connectivity index (χ4v) is 2.88. The van der Waals surface area contributed by atoms with Gasteiger partial charge in [-0.05, 0) is 24.3 Å². The molecule has 0 saturated heterocycles. The molecule has 2 rings (SSSR count). The van der Waals surface area contributed by atoms with Crippen LogP contribution in [-0.2, 0) is 10.0 Å². The van der Waals surface area contributed by atoms with Crippen LogP contribution in [0.3, 0.4) is 0 Å². The molecule has 0 heterocycles. The van der Waals surface area contributed by atoms with Crippen molar-refractivity contribution in [2.45, 2.75) is 4.90 Å². The highest BCUT2D eigenvalue weighted by Gasteiger charge is 2.19. The highest BCUT2D eigenvalue weighted by atomic mass is 35.5. The lowest BCUT2D eigenvalue weighted by Crippen LogP contribution is -2.19. The Morgan fingerprint density at radius 2 is 2.00 bits per heavy atom. The first-order valence-corrected chi connectivity index (χ1v) is 7.93. The van der Waals surface area contributed by atoms with E-state index in [9.17, 15) is 12.8 Å². The Bertz CT molecular complexity index is 809. The normalized spacial score (nSPS) is 11.6. The molecule has 5 nitrogen and oxygen atoms in total. The van der Waals surface area contributed by atoms with Gasteiger partial charge in [-0.25, -0.2) is 4.39 Å². The van der Waals surface area contributed by atoms with Crippen molar-refractivity contribution in [2.24, 2.45) is 5.10 Å². The molecule has 22 heavy (non-hydrogen) atoms. The summed E-state index contributed by atoms with van der Waals surface area (Å²) in [6.07, 6.45) is 1.07. The fourth-order valence-electron chi connectivity index (χ4n) is 1.65. The van der Waals surface area contributed by atoms with Gasteiger partial charge in [-0.2, -0.15) is 18.4 Å². The zero-order valence-electron chi connectivity index (χ0n) is 11.5. The Morgan fingerprint density at radius 1 is 1.27 bits per heavy atom. The lowest BCUT2D eigenvalue weighted by Gasteiger charge is -2.09. The first kappa shape index (κ1) is 16.3. The van der Waals surface area contributed by atoms with E-state index in [1.165, 1.54) is 43.5 Å². The van der Waals surface area contributed by atoms with Crippen molar-refractivity contribution in [3.05, 3.63) is 58.9 Å². The molecule has 0 bridgehead atoms. The van der Waals surface area contributed by atoms with Gasteiger partial charge in [0.15, 0.2) is 0 Å². The van der Waals surface area contributed by atoms with Gasteiger partial charge in [0.1, 0.15) is 16.5 Å². The van der Waals surface area contributed by atoms with Crippen LogP contribution < -0.4 is 9.57 Å². The monoisotopic (exact) mass is 342 g/mol. The van der Waals surface area contributed by atoms with E-state index in [2.05, 4.69) is 5.10 Å². The van der Waals surface area contributed by atoms with Crippen LogP contribution >= 0.6 is 11.6 Å². The van der Waals surface area contributed by atoms with Crippen LogP contribution in [0.5, 0.6) is 5.75 Å². The number of hydrazone groups is 1. The molecule has 0 spiro atoms. The summed E-state index contributed by atoms with van der Waals surface area (Å²) in [5.74, 6) is -0.385. The fraction of sp³-hybridized carbons (Fsp3) is 0.0714. The maximum absolute atomic E-state index is 13.4. The number of rotatable bonds is 5. The van der Waals surface area contributed by atoms with E-state index in [4.69, 9.17) is 16.3 Å². The maximum Gasteiger partial charge on any atom is 0.280 e. The van der Waals surface area contributed by atoms with Crippen LogP contribution in [0.1, 0.15) is 5.56 Å². The third-order valence-corrected chi connectivity index (χ3v) is 4.18. The largest absolute Gasteiger partial charge is 0.495 e. The second kappa shape index (κ2) is 6.76. The Kier molecular flexibility index (Phi) is 4.99. The van der Waals surface area contributed by atoms with Crippen LogP contribution in [0.25, 0.3) is 0 Å². The molecule has 0 aliphatic heterocycles. The van der Waals surface area contributed by atoms with Gasteiger partial charge in [-0.15, -0.1) is 0 Å². The predicted octanol–water partition coefficient (Wildman–Crippen LogP) is 2.80. The molecule has 0 unspecified atom stereocenters. The number of hydrogen-bond donors (Lipinski definition) is 1. The van der Waals surface area contributed by atoms with Gasteiger partial charge in [0.05, 0.1) is 13.3 Å². The van der Waals surface area contributed by atoms with Crippen molar-refractivity contribution in [1.29, 1.82) is 0 Å². The van der Waals surface area contributed by atoms with Gasteiger partial charge in [0, 0.05) is 10.6 Å². The first-order valence-electron chi connectivity index (χ1n) is 6.07. The van der Waals surface area contributed by atoms with Crippen molar-refractivity contribution in [3.8, 4) is 5.75 Å². The third-order valence-electron chi connectivity index (χ3n) is 2.70. The molecule has 8 heteroatoms. The summed E-state index contributed by atoms with van der Waals surface area (Å²) in [4.78, 5) is 1.83. The van der Waals surface area contributed by atoms with Crippen LogP contribution in [0.4, 0.5) is 4.39 Å². The summed E-state index contributed by atoms with van der Waals surface area (Å²) in [6.45, 7) is 0. The molecule has 0 saturated carbocycles. The highest BCUT2D eigenvalue weighted by molar-refractivity contribution is 7.89.